The summed E-state index contributed by atoms with van der Waals surface area (Å²) in [6, 6.07) is -1.09. The van der Waals surface area contributed by atoms with E-state index in [1.807, 2.05) is 5.32 Å². The normalized spacial score (nSPS) is 11.8. The molecule has 1 rings (SSSR count). The van der Waals surface area contributed by atoms with Gasteiger partial charge in [-0.1, -0.05) is 0 Å². The van der Waals surface area contributed by atoms with Crippen LogP contribution in [-0.2, 0) is 9.53 Å². The molecule has 1 unspecified atom stereocenters. The van der Waals surface area contributed by atoms with Gasteiger partial charge < -0.3 is 20.5 Å². The van der Waals surface area contributed by atoms with Crippen molar-refractivity contribution in [3.8, 4) is 0 Å². The molecule has 0 bridgehead atoms. The number of anilines is 1. The number of ether oxygens (including phenoxy) is 1. The number of aliphatic carboxylic acids is 1. The standard InChI is InChI=1S/C12H13F3N2O4/c1-21-3-2-9(11(18)19)17-12(20)16-6-4-7(13)10(15)8(14)5-6/h4-5,9H,2-3H2,1H3,(H,18,19)(H2,16,17,20). The molecule has 1 atom stereocenters. The second kappa shape index (κ2) is 7.48. The van der Waals surface area contributed by atoms with Crippen LogP contribution in [0.15, 0.2) is 12.1 Å². The fraction of sp³-hybridized carbons (Fsp3) is 0.333. The third-order valence-electron chi connectivity index (χ3n) is 2.46. The molecule has 0 heterocycles. The van der Waals surface area contributed by atoms with E-state index >= 15 is 0 Å². The van der Waals surface area contributed by atoms with E-state index in [1.54, 1.807) is 0 Å². The van der Waals surface area contributed by atoms with Gasteiger partial charge in [0.1, 0.15) is 6.04 Å². The number of methoxy groups -OCH3 is 1. The first-order chi connectivity index (χ1) is 9.85. The quantitative estimate of drug-likeness (QED) is 0.698. The summed E-state index contributed by atoms with van der Waals surface area (Å²) < 4.78 is 43.3. The van der Waals surface area contributed by atoms with Crippen molar-refractivity contribution in [3.05, 3.63) is 29.6 Å². The summed E-state index contributed by atoms with van der Waals surface area (Å²) in [5.41, 5.74) is -0.347. The Morgan fingerprint density at radius 1 is 1.29 bits per heavy atom. The number of carbonyl (C=O) groups is 2. The SMILES string of the molecule is COCCC(NC(=O)Nc1cc(F)c(F)c(F)c1)C(=O)O. The number of rotatable bonds is 6. The second-order valence-corrected chi connectivity index (χ2v) is 4.02. The maximum atomic E-state index is 13.0. The number of halogens is 3. The van der Waals surface area contributed by atoms with Crippen molar-refractivity contribution in [1.29, 1.82) is 0 Å². The smallest absolute Gasteiger partial charge is 0.326 e. The van der Waals surface area contributed by atoms with Crippen LogP contribution in [0.4, 0.5) is 23.7 Å². The van der Waals surface area contributed by atoms with Crippen molar-refractivity contribution in [3.63, 3.8) is 0 Å². The zero-order valence-corrected chi connectivity index (χ0v) is 11.0. The third kappa shape index (κ3) is 4.95. The Morgan fingerprint density at radius 2 is 1.86 bits per heavy atom. The lowest BCUT2D eigenvalue weighted by atomic mass is 10.2. The molecule has 0 aliphatic carbocycles. The van der Waals surface area contributed by atoms with Crippen LogP contribution in [0.3, 0.4) is 0 Å². The van der Waals surface area contributed by atoms with Crippen molar-refractivity contribution >= 4 is 17.7 Å². The predicted molar refractivity (Wildman–Crippen MR) is 66.4 cm³/mol. The van der Waals surface area contributed by atoms with Gasteiger partial charge in [-0.2, -0.15) is 0 Å². The molecule has 6 nitrogen and oxygen atoms in total. The molecule has 0 fully saturated rings. The number of carbonyl (C=O) groups excluding carboxylic acids is 1. The number of nitrogens with one attached hydrogen (secondary N) is 2. The summed E-state index contributed by atoms with van der Waals surface area (Å²) in [6.45, 7) is 0.0943. The summed E-state index contributed by atoms with van der Waals surface area (Å²) in [5, 5.41) is 13.0. The van der Waals surface area contributed by atoms with Crippen LogP contribution >= 0.6 is 0 Å². The zero-order chi connectivity index (χ0) is 16.0. The van der Waals surface area contributed by atoms with Gasteiger partial charge in [0.25, 0.3) is 0 Å². The Balaban J connectivity index is 2.70. The molecule has 0 spiro atoms. The minimum absolute atomic E-state index is 0.00535. The van der Waals surface area contributed by atoms with Crippen LogP contribution in [0.1, 0.15) is 6.42 Å². The molecular weight excluding hydrogens is 293 g/mol. The van der Waals surface area contributed by atoms with Gasteiger partial charge in [0.15, 0.2) is 17.5 Å². The summed E-state index contributed by atoms with van der Waals surface area (Å²) in [4.78, 5) is 22.4. The lowest BCUT2D eigenvalue weighted by molar-refractivity contribution is -0.139. The Labute approximate surface area is 117 Å². The van der Waals surface area contributed by atoms with E-state index < -0.39 is 35.5 Å². The topological polar surface area (TPSA) is 87.7 Å². The van der Waals surface area contributed by atoms with Crippen molar-refractivity contribution < 1.29 is 32.6 Å². The van der Waals surface area contributed by atoms with Crippen molar-refractivity contribution in [2.75, 3.05) is 19.0 Å². The summed E-state index contributed by atoms with van der Waals surface area (Å²) in [7, 11) is 1.36. The molecule has 1 aromatic carbocycles. The highest BCUT2D eigenvalue weighted by Gasteiger charge is 2.20. The lowest BCUT2D eigenvalue weighted by Gasteiger charge is -2.14. The largest absolute Gasteiger partial charge is 0.480 e. The minimum Gasteiger partial charge on any atom is -0.480 e. The Kier molecular flexibility index (Phi) is 5.97. The fourth-order valence-electron chi connectivity index (χ4n) is 1.45. The number of benzene rings is 1. The number of carboxylic acids is 1. The molecule has 3 N–H and O–H groups in total. The van der Waals surface area contributed by atoms with Crippen molar-refractivity contribution in [1.82, 2.24) is 5.32 Å². The molecule has 0 aromatic heterocycles. The number of hydrogen-bond donors (Lipinski definition) is 3. The van der Waals surface area contributed by atoms with Crippen molar-refractivity contribution in [2.24, 2.45) is 0 Å². The van der Waals surface area contributed by atoms with Crippen molar-refractivity contribution in [2.45, 2.75) is 12.5 Å². The van der Waals surface area contributed by atoms with Gasteiger partial charge in [-0.25, -0.2) is 22.8 Å². The van der Waals surface area contributed by atoms with Crippen LogP contribution in [-0.4, -0.2) is 36.9 Å². The minimum atomic E-state index is -1.66. The van der Waals surface area contributed by atoms with Gasteiger partial charge in [-0.05, 0) is 0 Å². The molecular formula is C12H13F3N2O4. The van der Waals surface area contributed by atoms with Crippen LogP contribution in [0, 0.1) is 17.5 Å². The molecule has 116 valence electrons. The van der Waals surface area contributed by atoms with Crippen LogP contribution in [0.2, 0.25) is 0 Å². The first-order valence-corrected chi connectivity index (χ1v) is 5.79. The van der Waals surface area contributed by atoms with Gasteiger partial charge in [0.05, 0.1) is 0 Å². The summed E-state index contributed by atoms with van der Waals surface area (Å²) in [5.74, 6) is -5.90. The van der Waals surface area contributed by atoms with Gasteiger partial charge in [0, 0.05) is 38.0 Å². The third-order valence-corrected chi connectivity index (χ3v) is 2.46. The fourth-order valence-corrected chi connectivity index (χ4v) is 1.45. The summed E-state index contributed by atoms with van der Waals surface area (Å²) in [6.07, 6.45) is 0.00535. The summed E-state index contributed by atoms with van der Waals surface area (Å²) >= 11 is 0. The average Bonchev–Trinajstić information content (AvgIpc) is 2.40. The van der Waals surface area contributed by atoms with E-state index in [0.717, 1.165) is 0 Å². The average molecular weight is 306 g/mol. The first-order valence-electron chi connectivity index (χ1n) is 5.79. The van der Waals surface area contributed by atoms with Crippen LogP contribution in [0.25, 0.3) is 0 Å². The van der Waals surface area contributed by atoms with Gasteiger partial charge in [0.2, 0.25) is 0 Å². The molecule has 0 saturated heterocycles. The van der Waals surface area contributed by atoms with Crippen LogP contribution < -0.4 is 10.6 Å². The molecule has 0 radical (unpaired) electrons. The van der Waals surface area contributed by atoms with E-state index in [9.17, 15) is 22.8 Å². The van der Waals surface area contributed by atoms with Crippen LogP contribution in [0.5, 0.6) is 0 Å². The highest BCUT2D eigenvalue weighted by Crippen LogP contribution is 2.17. The Morgan fingerprint density at radius 3 is 2.33 bits per heavy atom. The van der Waals surface area contributed by atoms with Gasteiger partial charge in [-0.15, -0.1) is 0 Å². The molecule has 21 heavy (non-hydrogen) atoms. The Hall–Kier alpha value is -2.29. The monoisotopic (exact) mass is 306 g/mol. The van der Waals surface area contributed by atoms with E-state index in [1.165, 1.54) is 7.11 Å². The molecule has 2 amide bonds. The number of amides is 2. The zero-order valence-electron chi connectivity index (χ0n) is 11.0. The maximum Gasteiger partial charge on any atom is 0.326 e. The highest BCUT2D eigenvalue weighted by atomic mass is 19.2. The predicted octanol–water partition coefficient (Wildman–Crippen LogP) is 1.72. The highest BCUT2D eigenvalue weighted by molar-refractivity contribution is 5.92. The van der Waals surface area contributed by atoms with Gasteiger partial charge >= 0.3 is 12.0 Å². The van der Waals surface area contributed by atoms with Gasteiger partial charge in [-0.3, -0.25) is 0 Å². The maximum absolute atomic E-state index is 13.0. The lowest BCUT2D eigenvalue weighted by Crippen LogP contribution is -2.43. The van der Waals surface area contributed by atoms with E-state index in [0.29, 0.717) is 12.1 Å². The molecule has 9 heteroatoms. The van der Waals surface area contributed by atoms with E-state index in [4.69, 9.17) is 9.84 Å². The molecule has 1 aromatic rings. The second-order valence-electron chi connectivity index (χ2n) is 4.02. The number of carboxylic acid groups (broad SMARTS) is 1. The first kappa shape index (κ1) is 16.8. The van der Waals surface area contributed by atoms with E-state index in [2.05, 4.69) is 5.32 Å². The molecule has 0 aliphatic heterocycles. The number of urea groups is 1. The Bertz CT molecular complexity index is 516. The molecule has 0 aliphatic rings. The van der Waals surface area contributed by atoms with E-state index in [-0.39, 0.29) is 18.7 Å². The number of hydrogen-bond acceptors (Lipinski definition) is 3. The molecule has 0 saturated carbocycles.